The highest BCUT2D eigenvalue weighted by atomic mass is 35.5. The van der Waals surface area contributed by atoms with Gasteiger partial charge in [-0.3, -0.25) is 0 Å². The molecule has 1 aromatic carbocycles. The molecule has 1 rings (SSSR count). The Morgan fingerprint density at radius 3 is 2.50 bits per heavy atom. The third-order valence-electron chi connectivity index (χ3n) is 3.36. The molecule has 0 saturated carbocycles. The first kappa shape index (κ1) is 15.6. The van der Waals surface area contributed by atoms with Crippen LogP contribution >= 0.6 is 11.6 Å². The van der Waals surface area contributed by atoms with Gasteiger partial charge in [-0.2, -0.15) is 0 Å². The van der Waals surface area contributed by atoms with E-state index in [1.807, 2.05) is 0 Å². The average molecular weight is 267 g/mol. The number of hydrogen-bond acceptors (Lipinski definition) is 0. The van der Waals surface area contributed by atoms with E-state index >= 15 is 0 Å². The minimum atomic E-state index is 0.445. The lowest BCUT2D eigenvalue weighted by Gasteiger charge is -2.20. The standard InChI is InChI=1S/C17H27Cl/c1-14-7-5-8-15(11-14)12-16(13-18)9-6-10-17(2,3)4/h5,7-8,11,16H,6,9-10,12-13H2,1-4H3. The Bertz CT molecular complexity index is 349. The number of alkyl halides is 1. The van der Waals surface area contributed by atoms with Gasteiger partial charge in [-0.25, -0.2) is 0 Å². The van der Waals surface area contributed by atoms with Crippen molar-refractivity contribution in [1.29, 1.82) is 0 Å². The fourth-order valence-corrected chi connectivity index (χ4v) is 2.59. The second kappa shape index (κ2) is 7.19. The van der Waals surface area contributed by atoms with Gasteiger partial charge in [0.1, 0.15) is 0 Å². The van der Waals surface area contributed by atoms with Crippen LogP contribution in [-0.2, 0) is 6.42 Å². The van der Waals surface area contributed by atoms with Crippen molar-refractivity contribution in [2.75, 3.05) is 5.88 Å². The van der Waals surface area contributed by atoms with Gasteiger partial charge in [-0.05, 0) is 43.1 Å². The zero-order chi connectivity index (χ0) is 13.6. The SMILES string of the molecule is Cc1cccc(CC(CCl)CCCC(C)(C)C)c1. The molecule has 102 valence electrons. The molecular weight excluding hydrogens is 240 g/mol. The summed E-state index contributed by atoms with van der Waals surface area (Å²) in [4.78, 5) is 0. The van der Waals surface area contributed by atoms with E-state index in [0.717, 1.165) is 12.3 Å². The Kier molecular flexibility index (Phi) is 6.21. The molecule has 0 nitrogen and oxygen atoms in total. The van der Waals surface area contributed by atoms with Crippen LogP contribution < -0.4 is 0 Å². The molecule has 0 aliphatic rings. The maximum atomic E-state index is 6.11. The predicted octanol–water partition coefficient (Wildman–Crippen LogP) is 5.61. The molecule has 1 aromatic rings. The van der Waals surface area contributed by atoms with E-state index in [0.29, 0.717) is 11.3 Å². The van der Waals surface area contributed by atoms with Crippen molar-refractivity contribution in [3.63, 3.8) is 0 Å². The van der Waals surface area contributed by atoms with E-state index in [4.69, 9.17) is 11.6 Å². The molecule has 0 heterocycles. The van der Waals surface area contributed by atoms with Crippen molar-refractivity contribution >= 4 is 11.6 Å². The van der Waals surface area contributed by atoms with E-state index in [2.05, 4.69) is 52.0 Å². The monoisotopic (exact) mass is 266 g/mol. The molecule has 0 bridgehead atoms. The minimum absolute atomic E-state index is 0.445. The lowest BCUT2D eigenvalue weighted by atomic mass is 9.87. The Morgan fingerprint density at radius 2 is 1.94 bits per heavy atom. The van der Waals surface area contributed by atoms with Gasteiger partial charge in [0.25, 0.3) is 0 Å². The smallest absolute Gasteiger partial charge is 0.0254 e. The van der Waals surface area contributed by atoms with Crippen molar-refractivity contribution in [1.82, 2.24) is 0 Å². The summed E-state index contributed by atoms with van der Waals surface area (Å²) in [5.41, 5.74) is 3.21. The molecule has 0 aliphatic carbocycles. The number of rotatable bonds is 6. The fraction of sp³-hybridized carbons (Fsp3) is 0.647. The molecule has 0 N–H and O–H groups in total. The fourth-order valence-electron chi connectivity index (χ4n) is 2.33. The van der Waals surface area contributed by atoms with Crippen molar-refractivity contribution in [3.8, 4) is 0 Å². The molecule has 0 aliphatic heterocycles. The molecule has 0 saturated heterocycles. The first-order chi connectivity index (χ1) is 8.40. The molecular formula is C17H27Cl. The topological polar surface area (TPSA) is 0 Å². The third kappa shape index (κ3) is 6.44. The highest BCUT2D eigenvalue weighted by Crippen LogP contribution is 2.25. The van der Waals surface area contributed by atoms with E-state index in [9.17, 15) is 0 Å². The molecule has 0 fully saturated rings. The van der Waals surface area contributed by atoms with Crippen LogP contribution in [0, 0.1) is 18.3 Å². The van der Waals surface area contributed by atoms with Crippen LogP contribution in [0.15, 0.2) is 24.3 Å². The lowest BCUT2D eigenvalue weighted by Crippen LogP contribution is -2.10. The molecule has 18 heavy (non-hydrogen) atoms. The van der Waals surface area contributed by atoms with Crippen LogP contribution in [0.3, 0.4) is 0 Å². The first-order valence-corrected chi connectivity index (χ1v) is 7.56. The number of hydrogen-bond donors (Lipinski definition) is 0. The average Bonchev–Trinajstić information content (AvgIpc) is 2.26. The van der Waals surface area contributed by atoms with Crippen molar-refractivity contribution in [2.24, 2.45) is 11.3 Å². The van der Waals surface area contributed by atoms with E-state index in [1.165, 1.54) is 30.4 Å². The molecule has 0 amide bonds. The maximum absolute atomic E-state index is 6.11. The molecule has 0 radical (unpaired) electrons. The highest BCUT2D eigenvalue weighted by Gasteiger charge is 2.13. The molecule has 1 heteroatoms. The van der Waals surface area contributed by atoms with Crippen LogP contribution in [-0.4, -0.2) is 5.88 Å². The van der Waals surface area contributed by atoms with Crippen LogP contribution in [0.2, 0.25) is 0 Å². The van der Waals surface area contributed by atoms with Crippen LogP contribution in [0.1, 0.15) is 51.2 Å². The summed E-state index contributed by atoms with van der Waals surface area (Å²) in [6.45, 7) is 9.08. The third-order valence-corrected chi connectivity index (χ3v) is 3.80. The van der Waals surface area contributed by atoms with Crippen molar-refractivity contribution < 1.29 is 0 Å². The lowest BCUT2D eigenvalue weighted by molar-refractivity contribution is 0.343. The van der Waals surface area contributed by atoms with E-state index in [-0.39, 0.29) is 0 Å². The summed E-state index contributed by atoms with van der Waals surface area (Å²) >= 11 is 6.11. The van der Waals surface area contributed by atoms with Gasteiger partial charge in [0.15, 0.2) is 0 Å². The predicted molar refractivity (Wildman–Crippen MR) is 82.4 cm³/mol. The van der Waals surface area contributed by atoms with Gasteiger partial charge >= 0.3 is 0 Å². The summed E-state index contributed by atoms with van der Waals surface area (Å²) < 4.78 is 0. The largest absolute Gasteiger partial charge is 0.126 e. The second-order valence-corrected chi connectivity index (χ2v) is 6.98. The van der Waals surface area contributed by atoms with Gasteiger partial charge in [-0.15, -0.1) is 11.6 Å². The second-order valence-electron chi connectivity index (χ2n) is 6.67. The quantitative estimate of drug-likeness (QED) is 0.587. The Morgan fingerprint density at radius 1 is 1.22 bits per heavy atom. The first-order valence-electron chi connectivity index (χ1n) is 7.02. The summed E-state index contributed by atoms with van der Waals surface area (Å²) in [5, 5.41) is 0. The highest BCUT2D eigenvalue weighted by molar-refractivity contribution is 6.18. The van der Waals surface area contributed by atoms with Gasteiger partial charge in [0, 0.05) is 5.88 Å². The summed E-state index contributed by atoms with van der Waals surface area (Å²) in [7, 11) is 0. The molecule has 1 unspecified atom stereocenters. The van der Waals surface area contributed by atoms with Crippen molar-refractivity contribution in [2.45, 2.75) is 53.4 Å². The molecule has 0 aromatic heterocycles. The number of benzene rings is 1. The number of aryl methyl sites for hydroxylation is 1. The van der Waals surface area contributed by atoms with E-state index < -0.39 is 0 Å². The van der Waals surface area contributed by atoms with Crippen LogP contribution in [0.25, 0.3) is 0 Å². The summed E-state index contributed by atoms with van der Waals surface area (Å²) in [6, 6.07) is 8.80. The van der Waals surface area contributed by atoms with Gasteiger partial charge in [0.05, 0.1) is 0 Å². The van der Waals surface area contributed by atoms with Gasteiger partial charge in [-0.1, -0.05) is 57.0 Å². The Labute approximate surface area is 118 Å². The normalized spacial score (nSPS) is 13.6. The summed E-state index contributed by atoms with van der Waals surface area (Å²) in [5.74, 6) is 1.40. The molecule has 0 spiro atoms. The van der Waals surface area contributed by atoms with Gasteiger partial charge < -0.3 is 0 Å². The zero-order valence-corrected chi connectivity index (χ0v) is 13.1. The van der Waals surface area contributed by atoms with E-state index in [1.54, 1.807) is 0 Å². The minimum Gasteiger partial charge on any atom is -0.126 e. The van der Waals surface area contributed by atoms with Crippen LogP contribution in [0.4, 0.5) is 0 Å². The Balaban J connectivity index is 2.42. The molecule has 1 atom stereocenters. The van der Waals surface area contributed by atoms with Gasteiger partial charge in [0.2, 0.25) is 0 Å². The van der Waals surface area contributed by atoms with Crippen molar-refractivity contribution in [3.05, 3.63) is 35.4 Å². The zero-order valence-electron chi connectivity index (χ0n) is 12.3. The summed E-state index contributed by atoms with van der Waals surface area (Å²) in [6.07, 6.45) is 4.94. The Hall–Kier alpha value is -0.490. The number of halogens is 1. The maximum Gasteiger partial charge on any atom is 0.0254 e. The van der Waals surface area contributed by atoms with Crippen LogP contribution in [0.5, 0.6) is 0 Å².